The summed E-state index contributed by atoms with van der Waals surface area (Å²) in [6.45, 7) is 5.69. The predicted octanol–water partition coefficient (Wildman–Crippen LogP) is 0.365. The molecule has 0 unspecified atom stereocenters. The average Bonchev–Trinajstić information content (AvgIpc) is 1.67. The van der Waals surface area contributed by atoms with E-state index in [9.17, 15) is 0 Å². The van der Waals surface area contributed by atoms with Gasteiger partial charge in [-0.15, -0.1) is 0 Å². The molecule has 0 rings (SSSR count). The Kier molecular flexibility index (Phi) is 2.44. The van der Waals surface area contributed by atoms with Gasteiger partial charge in [-0.1, -0.05) is 0 Å². The van der Waals surface area contributed by atoms with Crippen LogP contribution in [-0.2, 0) is 0 Å². The van der Waals surface area contributed by atoms with Crippen molar-refractivity contribution in [3.8, 4) is 0 Å². The molecular weight excluding hydrogens is 102 g/mol. The molecule has 0 amide bonds. The molecule has 8 heavy (non-hydrogen) atoms. The molecule has 0 heterocycles. The van der Waals surface area contributed by atoms with Crippen LogP contribution in [0.2, 0.25) is 0 Å². The molecule has 0 bridgehead atoms. The summed E-state index contributed by atoms with van der Waals surface area (Å²) in [5.74, 6) is 0. The fraction of sp³-hybridized carbons (Fsp3) is 1.00. The highest BCUT2D eigenvalue weighted by atomic mass is 16.3. The van der Waals surface area contributed by atoms with E-state index in [1.807, 2.05) is 20.9 Å². The van der Waals surface area contributed by atoms with Gasteiger partial charge >= 0.3 is 0 Å². The van der Waals surface area contributed by atoms with Crippen LogP contribution in [0.5, 0.6) is 0 Å². The van der Waals surface area contributed by atoms with E-state index < -0.39 is 0 Å². The first-order valence-corrected chi connectivity index (χ1v) is 2.87. The number of aliphatic hydroxyl groups is 1. The molecule has 0 fully saturated rings. The molecule has 1 atom stereocenters. The van der Waals surface area contributed by atoms with Gasteiger partial charge in [0.1, 0.15) is 0 Å². The van der Waals surface area contributed by atoms with Crippen LogP contribution in [0.4, 0.5) is 0 Å². The summed E-state index contributed by atoms with van der Waals surface area (Å²) in [4.78, 5) is 0. The van der Waals surface area contributed by atoms with Crippen LogP contribution in [-0.4, -0.2) is 23.8 Å². The fourth-order valence-electron chi connectivity index (χ4n) is 0.209. The lowest BCUT2D eigenvalue weighted by atomic mass is 10.00. The van der Waals surface area contributed by atoms with Crippen LogP contribution < -0.4 is 5.32 Å². The van der Waals surface area contributed by atoms with E-state index in [0.717, 1.165) is 0 Å². The van der Waals surface area contributed by atoms with Gasteiger partial charge in [-0.2, -0.15) is 0 Å². The fourth-order valence-corrected chi connectivity index (χ4v) is 0.209. The predicted molar refractivity (Wildman–Crippen MR) is 34.8 cm³/mol. The summed E-state index contributed by atoms with van der Waals surface area (Å²) in [5, 5.41) is 12.0. The highest BCUT2D eigenvalue weighted by Crippen LogP contribution is 2.05. The minimum atomic E-state index is -0.299. The second-order valence-electron chi connectivity index (χ2n) is 2.65. The Morgan fingerprint density at radius 2 is 1.88 bits per heavy atom. The zero-order valence-corrected chi connectivity index (χ0v) is 6.02. The highest BCUT2D eigenvalue weighted by Gasteiger charge is 2.20. The van der Waals surface area contributed by atoms with Gasteiger partial charge in [0.05, 0.1) is 6.10 Å². The van der Waals surface area contributed by atoms with Crippen LogP contribution >= 0.6 is 0 Å². The lowest BCUT2D eigenvalue weighted by Gasteiger charge is -2.26. The number of likely N-dealkylation sites (N-methyl/N-ethyl adjacent to an activating group) is 1. The standard InChI is InChI=1S/C6H15NO/c1-5(8)6(2,3)7-4/h5,7-8H,1-4H3/t5-/m1/s1. The van der Waals surface area contributed by atoms with Crippen molar-refractivity contribution in [2.75, 3.05) is 7.05 Å². The van der Waals surface area contributed by atoms with E-state index in [1.54, 1.807) is 6.92 Å². The topological polar surface area (TPSA) is 32.3 Å². The Balaban J connectivity index is 3.71. The van der Waals surface area contributed by atoms with Gasteiger partial charge in [0.25, 0.3) is 0 Å². The van der Waals surface area contributed by atoms with Crippen molar-refractivity contribution in [2.24, 2.45) is 0 Å². The number of hydrogen-bond donors (Lipinski definition) is 2. The van der Waals surface area contributed by atoms with E-state index >= 15 is 0 Å². The minimum absolute atomic E-state index is 0.153. The molecule has 0 aliphatic rings. The SMILES string of the molecule is CNC(C)(C)[C@@H](C)O. The Hall–Kier alpha value is -0.0800. The summed E-state index contributed by atoms with van der Waals surface area (Å²) in [6.07, 6.45) is -0.299. The first kappa shape index (κ1) is 7.92. The number of hydrogen-bond acceptors (Lipinski definition) is 2. The van der Waals surface area contributed by atoms with Crippen molar-refractivity contribution in [2.45, 2.75) is 32.4 Å². The Labute approximate surface area is 50.9 Å². The molecule has 0 aromatic heterocycles. The minimum Gasteiger partial charge on any atom is -0.392 e. The van der Waals surface area contributed by atoms with Gasteiger partial charge < -0.3 is 10.4 Å². The lowest BCUT2D eigenvalue weighted by molar-refractivity contribution is 0.102. The van der Waals surface area contributed by atoms with E-state index in [4.69, 9.17) is 5.11 Å². The third-order valence-corrected chi connectivity index (χ3v) is 1.69. The van der Waals surface area contributed by atoms with E-state index in [2.05, 4.69) is 5.32 Å². The first-order chi connectivity index (χ1) is 3.50. The molecule has 0 saturated heterocycles. The largest absolute Gasteiger partial charge is 0.392 e. The van der Waals surface area contributed by atoms with E-state index in [-0.39, 0.29) is 11.6 Å². The van der Waals surface area contributed by atoms with Crippen LogP contribution in [0.25, 0.3) is 0 Å². The van der Waals surface area contributed by atoms with Gasteiger partial charge in [-0.3, -0.25) is 0 Å². The van der Waals surface area contributed by atoms with Crippen molar-refractivity contribution < 1.29 is 5.11 Å². The van der Waals surface area contributed by atoms with Gasteiger partial charge in [0.15, 0.2) is 0 Å². The Bertz CT molecular complexity index is 68.9. The smallest absolute Gasteiger partial charge is 0.0688 e. The second-order valence-corrected chi connectivity index (χ2v) is 2.65. The Morgan fingerprint density at radius 3 is 1.88 bits per heavy atom. The maximum absolute atomic E-state index is 9.02. The van der Waals surface area contributed by atoms with Crippen LogP contribution in [0.1, 0.15) is 20.8 Å². The molecule has 0 aromatic carbocycles. The summed E-state index contributed by atoms with van der Waals surface area (Å²) in [6, 6.07) is 0. The van der Waals surface area contributed by atoms with Gasteiger partial charge in [-0.05, 0) is 27.8 Å². The average molecular weight is 117 g/mol. The maximum Gasteiger partial charge on any atom is 0.0688 e. The molecule has 0 aliphatic heterocycles. The molecule has 0 saturated carbocycles. The summed E-state index contributed by atoms with van der Waals surface area (Å²) >= 11 is 0. The van der Waals surface area contributed by atoms with Crippen LogP contribution in [0, 0.1) is 0 Å². The molecule has 0 aromatic rings. The molecule has 2 nitrogen and oxygen atoms in total. The summed E-state index contributed by atoms with van der Waals surface area (Å²) in [5.41, 5.74) is -0.153. The van der Waals surface area contributed by atoms with Crippen molar-refractivity contribution in [3.05, 3.63) is 0 Å². The lowest BCUT2D eigenvalue weighted by Crippen LogP contribution is -2.45. The van der Waals surface area contributed by atoms with Crippen molar-refractivity contribution in [1.29, 1.82) is 0 Å². The third-order valence-electron chi connectivity index (χ3n) is 1.69. The Morgan fingerprint density at radius 1 is 1.50 bits per heavy atom. The van der Waals surface area contributed by atoms with Gasteiger partial charge in [0, 0.05) is 5.54 Å². The second kappa shape index (κ2) is 2.46. The number of aliphatic hydroxyl groups excluding tert-OH is 1. The van der Waals surface area contributed by atoms with Crippen molar-refractivity contribution in [1.82, 2.24) is 5.32 Å². The van der Waals surface area contributed by atoms with Gasteiger partial charge in [-0.25, -0.2) is 0 Å². The molecule has 2 N–H and O–H groups in total. The van der Waals surface area contributed by atoms with E-state index in [1.165, 1.54) is 0 Å². The molecule has 0 spiro atoms. The van der Waals surface area contributed by atoms with E-state index in [0.29, 0.717) is 0 Å². The number of nitrogens with one attached hydrogen (secondary N) is 1. The van der Waals surface area contributed by atoms with Crippen LogP contribution in [0.3, 0.4) is 0 Å². The van der Waals surface area contributed by atoms with Crippen molar-refractivity contribution >= 4 is 0 Å². The third kappa shape index (κ3) is 1.80. The highest BCUT2D eigenvalue weighted by molar-refractivity contribution is 4.80. The van der Waals surface area contributed by atoms with Gasteiger partial charge in [0.2, 0.25) is 0 Å². The zero-order valence-electron chi connectivity index (χ0n) is 6.02. The first-order valence-electron chi connectivity index (χ1n) is 2.87. The molecule has 50 valence electrons. The molecule has 0 aliphatic carbocycles. The monoisotopic (exact) mass is 117 g/mol. The number of rotatable bonds is 2. The quantitative estimate of drug-likeness (QED) is 0.547. The van der Waals surface area contributed by atoms with Crippen molar-refractivity contribution in [3.63, 3.8) is 0 Å². The molecule has 2 heteroatoms. The maximum atomic E-state index is 9.02. The zero-order chi connectivity index (χ0) is 6.78. The summed E-state index contributed by atoms with van der Waals surface area (Å²) in [7, 11) is 1.84. The normalized spacial score (nSPS) is 16.1. The summed E-state index contributed by atoms with van der Waals surface area (Å²) < 4.78 is 0. The van der Waals surface area contributed by atoms with Crippen LogP contribution in [0.15, 0.2) is 0 Å². The molecular formula is C6H15NO. The molecule has 0 radical (unpaired) electrons.